The molecule has 128 valence electrons. The number of amides is 1. The van der Waals surface area contributed by atoms with Crippen LogP contribution in [0.1, 0.15) is 24.8 Å². The summed E-state index contributed by atoms with van der Waals surface area (Å²) < 4.78 is 25.0. The van der Waals surface area contributed by atoms with Gasteiger partial charge in [-0.05, 0) is 18.9 Å². The quantitative estimate of drug-likeness (QED) is 0.848. The minimum absolute atomic E-state index is 0.247. The summed E-state index contributed by atoms with van der Waals surface area (Å²) >= 11 is 0. The molecule has 23 heavy (non-hydrogen) atoms. The van der Waals surface area contributed by atoms with Crippen molar-refractivity contribution in [2.75, 3.05) is 31.8 Å². The molecule has 1 N–H and O–H groups in total. The molecule has 1 aliphatic heterocycles. The van der Waals surface area contributed by atoms with Gasteiger partial charge in [-0.2, -0.15) is 4.31 Å². The van der Waals surface area contributed by atoms with E-state index in [0.717, 1.165) is 30.5 Å². The van der Waals surface area contributed by atoms with Gasteiger partial charge in [-0.25, -0.2) is 13.4 Å². The molecule has 0 aliphatic carbocycles. The first kappa shape index (κ1) is 17.7. The molecular formula is C15H24N4O3S. The molecule has 2 rings (SSSR count). The Morgan fingerprint density at radius 1 is 1.43 bits per heavy atom. The van der Waals surface area contributed by atoms with Gasteiger partial charge in [0.05, 0.1) is 6.26 Å². The van der Waals surface area contributed by atoms with Crippen LogP contribution in [0.15, 0.2) is 18.3 Å². The Labute approximate surface area is 137 Å². The highest BCUT2D eigenvalue weighted by molar-refractivity contribution is 7.88. The van der Waals surface area contributed by atoms with E-state index in [9.17, 15) is 13.2 Å². The van der Waals surface area contributed by atoms with Gasteiger partial charge in [0, 0.05) is 38.9 Å². The molecule has 1 aliphatic rings. The summed E-state index contributed by atoms with van der Waals surface area (Å²) in [6.07, 6.45) is 5.08. The third kappa shape index (κ3) is 4.42. The SMILES string of the molecule is CN(C)c1ncccc1CNC(=O)[C@@H]1CCCCN1S(C)(=O)=O. The number of carbonyl (C=O) groups excluding carboxylic acids is 1. The molecular weight excluding hydrogens is 316 g/mol. The lowest BCUT2D eigenvalue weighted by Crippen LogP contribution is -2.51. The first-order valence-electron chi connectivity index (χ1n) is 7.66. The summed E-state index contributed by atoms with van der Waals surface area (Å²) in [5.74, 6) is 0.542. The van der Waals surface area contributed by atoms with Crippen molar-refractivity contribution in [3.05, 3.63) is 23.9 Å². The Balaban J connectivity index is 2.07. The Morgan fingerprint density at radius 2 is 2.17 bits per heavy atom. The zero-order chi connectivity index (χ0) is 17.0. The number of piperidine rings is 1. The fourth-order valence-corrected chi connectivity index (χ4v) is 3.96. The van der Waals surface area contributed by atoms with E-state index in [4.69, 9.17) is 0 Å². The van der Waals surface area contributed by atoms with E-state index in [-0.39, 0.29) is 5.91 Å². The van der Waals surface area contributed by atoms with E-state index in [0.29, 0.717) is 19.5 Å². The third-order valence-corrected chi connectivity index (χ3v) is 5.22. The zero-order valence-electron chi connectivity index (χ0n) is 13.8. The Morgan fingerprint density at radius 3 is 2.83 bits per heavy atom. The first-order chi connectivity index (χ1) is 10.8. The molecule has 7 nitrogen and oxygen atoms in total. The van der Waals surface area contributed by atoms with E-state index >= 15 is 0 Å². The van der Waals surface area contributed by atoms with E-state index in [2.05, 4.69) is 10.3 Å². The number of pyridine rings is 1. The lowest BCUT2D eigenvalue weighted by Gasteiger charge is -2.32. The zero-order valence-corrected chi connectivity index (χ0v) is 14.6. The van der Waals surface area contributed by atoms with E-state index in [1.54, 1.807) is 6.20 Å². The predicted octanol–water partition coefficient (Wildman–Crippen LogP) is 0.578. The summed E-state index contributed by atoms with van der Waals surface area (Å²) in [6.45, 7) is 0.737. The molecule has 0 spiro atoms. The topological polar surface area (TPSA) is 82.6 Å². The van der Waals surface area contributed by atoms with Gasteiger partial charge in [0.25, 0.3) is 0 Å². The van der Waals surface area contributed by atoms with Gasteiger partial charge >= 0.3 is 0 Å². The molecule has 2 heterocycles. The van der Waals surface area contributed by atoms with E-state index < -0.39 is 16.1 Å². The molecule has 1 atom stereocenters. The molecule has 1 aromatic heterocycles. The summed E-state index contributed by atoms with van der Waals surface area (Å²) in [6, 6.07) is 3.11. The van der Waals surface area contributed by atoms with Crippen molar-refractivity contribution in [2.24, 2.45) is 0 Å². The molecule has 1 fully saturated rings. The maximum Gasteiger partial charge on any atom is 0.238 e. The smallest absolute Gasteiger partial charge is 0.238 e. The number of anilines is 1. The fraction of sp³-hybridized carbons (Fsp3) is 0.600. The second-order valence-electron chi connectivity index (χ2n) is 5.98. The van der Waals surface area contributed by atoms with Gasteiger partial charge in [0.2, 0.25) is 15.9 Å². The van der Waals surface area contributed by atoms with Crippen LogP contribution in [0.3, 0.4) is 0 Å². The normalized spacial score (nSPS) is 19.3. The predicted molar refractivity (Wildman–Crippen MR) is 89.6 cm³/mol. The maximum absolute atomic E-state index is 12.5. The van der Waals surface area contributed by atoms with Gasteiger partial charge in [-0.3, -0.25) is 4.79 Å². The van der Waals surface area contributed by atoms with Crippen LogP contribution in [0.2, 0.25) is 0 Å². The fourth-order valence-electron chi connectivity index (χ4n) is 2.84. The van der Waals surface area contributed by atoms with Gasteiger partial charge in [-0.15, -0.1) is 0 Å². The highest BCUT2D eigenvalue weighted by atomic mass is 32.2. The standard InChI is InChI=1S/C15H24N4O3S/c1-18(2)14-12(7-6-9-16-14)11-17-15(20)13-8-4-5-10-19(13)23(3,21)22/h6-7,9,13H,4-5,8,10-11H2,1-3H3,(H,17,20)/t13-/m0/s1. The summed E-state index contributed by atoms with van der Waals surface area (Å²) in [7, 11) is 0.405. The molecule has 8 heteroatoms. The van der Waals surface area contributed by atoms with E-state index in [1.807, 2.05) is 31.1 Å². The van der Waals surface area contributed by atoms with Crippen molar-refractivity contribution in [3.63, 3.8) is 0 Å². The second kappa shape index (κ2) is 7.27. The van der Waals surface area contributed by atoms with Crippen molar-refractivity contribution in [3.8, 4) is 0 Å². The summed E-state index contributed by atoms with van der Waals surface area (Å²) in [5.41, 5.74) is 0.896. The number of rotatable bonds is 5. The van der Waals surface area contributed by atoms with Gasteiger partial charge in [-0.1, -0.05) is 12.5 Å². The monoisotopic (exact) mass is 340 g/mol. The van der Waals surface area contributed by atoms with Crippen LogP contribution >= 0.6 is 0 Å². The summed E-state index contributed by atoms with van der Waals surface area (Å²) in [4.78, 5) is 18.6. The third-order valence-electron chi connectivity index (χ3n) is 3.93. The highest BCUT2D eigenvalue weighted by Gasteiger charge is 2.34. The number of sulfonamides is 1. The molecule has 1 amide bonds. The lowest BCUT2D eigenvalue weighted by molar-refractivity contribution is -0.125. The second-order valence-corrected chi connectivity index (χ2v) is 7.92. The Kier molecular flexibility index (Phi) is 5.59. The lowest BCUT2D eigenvalue weighted by atomic mass is 10.0. The highest BCUT2D eigenvalue weighted by Crippen LogP contribution is 2.20. The molecule has 1 aromatic rings. The Hall–Kier alpha value is -1.67. The van der Waals surface area contributed by atoms with Gasteiger partial charge in [0.15, 0.2) is 0 Å². The number of hydrogen-bond donors (Lipinski definition) is 1. The van der Waals surface area contributed by atoms with Crippen LogP contribution in [0, 0.1) is 0 Å². The Bertz CT molecular complexity index is 660. The molecule has 0 saturated carbocycles. The van der Waals surface area contributed by atoms with Crippen molar-refractivity contribution >= 4 is 21.7 Å². The van der Waals surface area contributed by atoms with Crippen LogP contribution in [0.4, 0.5) is 5.82 Å². The van der Waals surface area contributed by atoms with Crippen molar-refractivity contribution in [2.45, 2.75) is 31.8 Å². The maximum atomic E-state index is 12.5. The summed E-state index contributed by atoms with van der Waals surface area (Å²) in [5, 5.41) is 2.85. The number of carbonyl (C=O) groups is 1. The molecule has 0 unspecified atom stereocenters. The molecule has 1 saturated heterocycles. The molecule has 0 aromatic carbocycles. The van der Waals surface area contributed by atoms with Crippen LogP contribution in [0.5, 0.6) is 0 Å². The van der Waals surface area contributed by atoms with Crippen molar-refractivity contribution < 1.29 is 13.2 Å². The van der Waals surface area contributed by atoms with Crippen LogP contribution in [-0.4, -0.2) is 56.6 Å². The van der Waals surface area contributed by atoms with Gasteiger partial charge < -0.3 is 10.2 Å². The average molecular weight is 340 g/mol. The number of nitrogens with zero attached hydrogens (tertiary/aromatic N) is 3. The number of hydrogen-bond acceptors (Lipinski definition) is 5. The number of nitrogens with one attached hydrogen (secondary N) is 1. The number of aromatic nitrogens is 1. The van der Waals surface area contributed by atoms with Crippen molar-refractivity contribution in [1.29, 1.82) is 0 Å². The van der Waals surface area contributed by atoms with Crippen LogP contribution < -0.4 is 10.2 Å². The minimum Gasteiger partial charge on any atom is -0.362 e. The van der Waals surface area contributed by atoms with Crippen LogP contribution in [0.25, 0.3) is 0 Å². The molecule has 0 radical (unpaired) electrons. The minimum atomic E-state index is -3.37. The van der Waals surface area contributed by atoms with Crippen molar-refractivity contribution in [1.82, 2.24) is 14.6 Å². The first-order valence-corrected chi connectivity index (χ1v) is 9.51. The van der Waals surface area contributed by atoms with E-state index in [1.165, 1.54) is 4.31 Å². The largest absolute Gasteiger partial charge is 0.362 e. The average Bonchev–Trinajstić information content (AvgIpc) is 2.52. The van der Waals surface area contributed by atoms with Gasteiger partial charge in [0.1, 0.15) is 11.9 Å². The molecule has 0 bridgehead atoms. The van der Waals surface area contributed by atoms with Crippen LogP contribution in [-0.2, 0) is 21.4 Å².